The highest BCUT2D eigenvalue weighted by molar-refractivity contribution is 5.50. The fourth-order valence-corrected chi connectivity index (χ4v) is 2.55. The van der Waals surface area contributed by atoms with E-state index in [-0.39, 0.29) is 5.82 Å². The van der Waals surface area contributed by atoms with Gasteiger partial charge in [0.1, 0.15) is 5.82 Å². The lowest BCUT2D eigenvalue weighted by atomic mass is 9.94. The van der Waals surface area contributed by atoms with E-state index in [1.54, 1.807) is 6.07 Å². The lowest BCUT2D eigenvalue weighted by Crippen LogP contribution is -2.46. The highest BCUT2D eigenvalue weighted by atomic mass is 19.1. The molecule has 2 rings (SSSR count). The van der Waals surface area contributed by atoms with E-state index in [9.17, 15) is 9.50 Å². The van der Waals surface area contributed by atoms with E-state index >= 15 is 0 Å². The summed E-state index contributed by atoms with van der Waals surface area (Å²) < 4.78 is 14.1. The Bertz CT molecular complexity index is 420. The van der Waals surface area contributed by atoms with Gasteiger partial charge in [-0.1, -0.05) is 6.07 Å². The third-order valence-corrected chi connectivity index (χ3v) is 3.41. The summed E-state index contributed by atoms with van der Waals surface area (Å²) in [5.41, 5.74) is 0.811. The second-order valence-electron chi connectivity index (χ2n) is 5.34. The predicted molar refractivity (Wildman–Crippen MR) is 71.2 cm³/mol. The molecule has 1 aliphatic heterocycles. The number of nitrogens with zero attached hydrogens (tertiary/aromatic N) is 1. The largest absolute Gasteiger partial charge is 0.388 e. The smallest absolute Gasteiger partial charge is 0.146 e. The Kier molecular flexibility index (Phi) is 3.88. The summed E-state index contributed by atoms with van der Waals surface area (Å²) in [7, 11) is 1.84. The maximum absolute atomic E-state index is 14.1. The minimum atomic E-state index is -0.714. The van der Waals surface area contributed by atoms with Crippen molar-refractivity contribution in [3.8, 4) is 0 Å². The van der Waals surface area contributed by atoms with Crippen molar-refractivity contribution < 1.29 is 9.50 Å². The summed E-state index contributed by atoms with van der Waals surface area (Å²) in [4.78, 5) is 1.93. The maximum atomic E-state index is 14.1. The third-order valence-electron chi connectivity index (χ3n) is 3.41. The molecule has 1 saturated heterocycles. The number of rotatable bonds is 3. The lowest BCUT2D eigenvalue weighted by Gasteiger charge is -2.38. The zero-order chi connectivity index (χ0) is 13.2. The molecule has 1 aromatic carbocycles. The first kappa shape index (κ1) is 13.3. The molecule has 2 N–H and O–H groups in total. The van der Waals surface area contributed by atoms with Crippen LogP contribution in [0.5, 0.6) is 0 Å². The summed E-state index contributed by atoms with van der Waals surface area (Å²) in [5, 5.41) is 13.1. The van der Waals surface area contributed by atoms with Crippen LogP contribution >= 0.6 is 0 Å². The Balaban J connectivity index is 2.18. The molecule has 1 aromatic rings. The molecule has 4 heteroatoms. The number of benzene rings is 1. The van der Waals surface area contributed by atoms with Crippen molar-refractivity contribution in [2.24, 2.45) is 0 Å². The summed E-state index contributed by atoms with van der Waals surface area (Å²) >= 11 is 0. The number of hydrogen-bond acceptors (Lipinski definition) is 3. The standard InChI is InChI=1S/C14H21FN2O/c1-14(18)6-3-7-17(10-14)13-5-4-11(9-16-2)8-12(13)15/h4-5,8,16,18H,3,6-7,9-10H2,1-2H3. The molecule has 0 amide bonds. The van der Waals surface area contributed by atoms with Gasteiger partial charge in [-0.05, 0) is 44.5 Å². The third kappa shape index (κ3) is 3.00. The van der Waals surface area contributed by atoms with Crippen LogP contribution in [0.2, 0.25) is 0 Å². The Morgan fingerprint density at radius 3 is 2.89 bits per heavy atom. The van der Waals surface area contributed by atoms with Crippen LogP contribution in [0, 0.1) is 5.82 Å². The Labute approximate surface area is 108 Å². The van der Waals surface area contributed by atoms with Crippen molar-refractivity contribution in [3.05, 3.63) is 29.6 Å². The number of aliphatic hydroxyl groups is 1. The van der Waals surface area contributed by atoms with Gasteiger partial charge >= 0.3 is 0 Å². The molecular formula is C14H21FN2O. The molecule has 0 radical (unpaired) electrons. The average Bonchev–Trinajstić information content (AvgIpc) is 2.28. The quantitative estimate of drug-likeness (QED) is 0.862. The number of nitrogens with one attached hydrogen (secondary N) is 1. The van der Waals surface area contributed by atoms with Gasteiger partial charge in [0.05, 0.1) is 11.3 Å². The highest BCUT2D eigenvalue weighted by Crippen LogP contribution is 2.28. The molecule has 1 unspecified atom stereocenters. The van der Waals surface area contributed by atoms with E-state index in [1.807, 2.05) is 31.0 Å². The SMILES string of the molecule is CNCc1ccc(N2CCCC(C)(O)C2)c(F)c1. The molecule has 18 heavy (non-hydrogen) atoms. The molecule has 0 bridgehead atoms. The molecule has 1 heterocycles. The molecule has 3 nitrogen and oxygen atoms in total. The van der Waals surface area contributed by atoms with Crippen LogP contribution in [0.4, 0.5) is 10.1 Å². The zero-order valence-corrected chi connectivity index (χ0v) is 11.0. The number of anilines is 1. The van der Waals surface area contributed by atoms with Crippen LogP contribution in [0.3, 0.4) is 0 Å². The molecule has 1 aliphatic rings. The lowest BCUT2D eigenvalue weighted by molar-refractivity contribution is 0.0447. The van der Waals surface area contributed by atoms with Gasteiger partial charge in [-0.15, -0.1) is 0 Å². The minimum absolute atomic E-state index is 0.208. The van der Waals surface area contributed by atoms with Crippen LogP contribution in [0.1, 0.15) is 25.3 Å². The summed E-state index contributed by atoms with van der Waals surface area (Å²) in [6, 6.07) is 5.30. The van der Waals surface area contributed by atoms with E-state index in [2.05, 4.69) is 5.32 Å². The monoisotopic (exact) mass is 252 g/mol. The molecule has 1 fully saturated rings. The van der Waals surface area contributed by atoms with Crippen molar-refractivity contribution in [1.29, 1.82) is 0 Å². The van der Waals surface area contributed by atoms with E-state index in [1.165, 1.54) is 0 Å². The van der Waals surface area contributed by atoms with Crippen LogP contribution < -0.4 is 10.2 Å². The summed E-state index contributed by atoms with van der Waals surface area (Å²) in [6.45, 7) is 3.77. The number of β-amino-alcohol motifs (C(OH)–C–C–N with tert-alkyl or cyclic N) is 1. The Morgan fingerprint density at radius 2 is 2.28 bits per heavy atom. The van der Waals surface area contributed by atoms with E-state index in [0.717, 1.165) is 24.9 Å². The van der Waals surface area contributed by atoms with Crippen LogP contribution in [-0.2, 0) is 6.54 Å². The van der Waals surface area contributed by atoms with Crippen molar-refractivity contribution in [2.45, 2.75) is 31.9 Å². The zero-order valence-electron chi connectivity index (χ0n) is 11.0. The van der Waals surface area contributed by atoms with E-state index < -0.39 is 5.60 Å². The first-order valence-electron chi connectivity index (χ1n) is 6.42. The average molecular weight is 252 g/mol. The number of halogens is 1. The minimum Gasteiger partial charge on any atom is -0.388 e. The van der Waals surface area contributed by atoms with Crippen molar-refractivity contribution in [3.63, 3.8) is 0 Å². The van der Waals surface area contributed by atoms with Gasteiger partial charge in [0.2, 0.25) is 0 Å². The van der Waals surface area contributed by atoms with Crippen molar-refractivity contribution >= 4 is 5.69 Å². The summed E-state index contributed by atoms with van der Waals surface area (Å²) in [5.74, 6) is -0.208. The van der Waals surface area contributed by atoms with Gasteiger partial charge in [0.25, 0.3) is 0 Å². The fraction of sp³-hybridized carbons (Fsp3) is 0.571. The highest BCUT2D eigenvalue weighted by Gasteiger charge is 2.29. The molecular weight excluding hydrogens is 231 g/mol. The summed E-state index contributed by atoms with van der Waals surface area (Å²) in [6.07, 6.45) is 1.67. The molecule has 100 valence electrons. The fourth-order valence-electron chi connectivity index (χ4n) is 2.55. The molecule has 1 atom stereocenters. The molecule has 0 spiro atoms. The van der Waals surface area contributed by atoms with Gasteiger partial charge < -0.3 is 15.3 Å². The van der Waals surface area contributed by atoms with E-state index in [0.29, 0.717) is 18.8 Å². The molecule has 0 aliphatic carbocycles. The second-order valence-corrected chi connectivity index (χ2v) is 5.34. The van der Waals surface area contributed by atoms with Gasteiger partial charge in [-0.3, -0.25) is 0 Å². The molecule has 0 saturated carbocycles. The number of piperidine rings is 1. The van der Waals surface area contributed by atoms with Gasteiger partial charge in [-0.2, -0.15) is 0 Å². The van der Waals surface area contributed by atoms with Crippen LogP contribution in [0.25, 0.3) is 0 Å². The first-order chi connectivity index (χ1) is 8.52. The normalized spacial score (nSPS) is 24.3. The Morgan fingerprint density at radius 1 is 1.50 bits per heavy atom. The van der Waals surface area contributed by atoms with Crippen LogP contribution in [-0.4, -0.2) is 30.8 Å². The van der Waals surface area contributed by atoms with Gasteiger partial charge in [0.15, 0.2) is 0 Å². The van der Waals surface area contributed by atoms with Crippen LogP contribution in [0.15, 0.2) is 18.2 Å². The first-order valence-corrected chi connectivity index (χ1v) is 6.42. The predicted octanol–water partition coefficient (Wildman–Crippen LogP) is 1.90. The number of hydrogen-bond donors (Lipinski definition) is 2. The topological polar surface area (TPSA) is 35.5 Å². The Hall–Kier alpha value is -1.13. The maximum Gasteiger partial charge on any atom is 0.146 e. The van der Waals surface area contributed by atoms with E-state index in [4.69, 9.17) is 0 Å². The molecule has 0 aromatic heterocycles. The van der Waals surface area contributed by atoms with Crippen molar-refractivity contribution in [1.82, 2.24) is 5.32 Å². The van der Waals surface area contributed by atoms with Gasteiger partial charge in [-0.25, -0.2) is 4.39 Å². The van der Waals surface area contributed by atoms with Gasteiger partial charge in [0, 0.05) is 19.6 Å². The second kappa shape index (κ2) is 5.24. The van der Waals surface area contributed by atoms with Crippen molar-refractivity contribution in [2.75, 3.05) is 25.0 Å².